The molecule has 2 aromatic heterocycles. The summed E-state index contributed by atoms with van der Waals surface area (Å²) in [5, 5.41) is 2.94. The van der Waals surface area contributed by atoms with Crippen LogP contribution in [0.25, 0.3) is 11.0 Å². The van der Waals surface area contributed by atoms with Gasteiger partial charge in [-0.3, -0.25) is 9.78 Å². The Labute approximate surface area is 168 Å². The van der Waals surface area contributed by atoms with Gasteiger partial charge in [-0.2, -0.15) is 0 Å². The summed E-state index contributed by atoms with van der Waals surface area (Å²) in [6.07, 6.45) is 1.22. The van der Waals surface area contributed by atoms with Crippen LogP contribution >= 0.6 is 11.6 Å². The second-order valence-corrected chi connectivity index (χ2v) is 7.98. The van der Waals surface area contributed by atoms with Gasteiger partial charge in [-0.05, 0) is 39.0 Å². The molecule has 0 unspecified atom stereocenters. The fraction of sp³-hybridized carbons (Fsp3) is 0.474. The predicted octanol–water partition coefficient (Wildman–Crippen LogP) is 2.46. The normalized spacial score (nSPS) is 14.9. The topological polar surface area (TPSA) is 87.7 Å². The third-order valence-corrected chi connectivity index (χ3v) is 4.48. The monoisotopic (exact) mass is 405 g/mol. The van der Waals surface area contributed by atoms with Crippen molar-refractivity contribution >= 4 is 40.3 Å². The van der Waals surface area contributed by atoms with Gasteiger partial charge in [0.05, 0.1) is 22.9 Å². The molecular formula is C19H24ClN5O3. The number of amides is 2. The van der Waals surface area contributed by atoms with Crippen LogP contribution in [0.4, 0.5) is 10.5 Å². The molecule has 0 spiro atoms. The summed E-state index contributed by atoms with van der Waals surface area (Å²) in [5.74, 6) is -0.129. The molecule has 0 atom stereocenters. The highest BCUT2D eigenvalue weighted by atomic mass is 35.5. The van der Waals surface area contributed by atoms with Gasteiger partial charge in [-0.15, -0.1) is 0 Å². The van der Waals surface area contributed by atoms with E-state index in [9.17, 15) is 9.59 Å². The first kappa shape index (κ1) is 20.1. The molecule has 3 heterocycles. The van der Waals surface area contributed by atoms with Crippen LogP contribution in [0.15, 0.2) is 24.4 Å². The molecule has 2 aromatic rings. The van der Waals surface area contributed by atoms with Gasteiger partial charge in [0.2, 0.25) is 5.91 Å². The van der Waals surface area contributed by atoms with Crippen LogP contribution in [-0.2, 0) is 9.53 Å². The molecule has 9 heteroatoms. The van der Waals surface area contributed by atoms with E-state index in [0.29, 0.717) is 31.3 Å². The molecule has 3 rings (SSSR count). The fourth-order valence-electron chi connectivity index (χ4n) is 2.93. The molecule has 1 fully saturated rings. The van der Waals surface area contributed by atoms with Crippen molar-refractivity contribution in [2.45, 2.75) is 26.4 Å². The molecule has 28 heavy (non-hydrogen) atoms. The zero-order valence-corrected chi connectivity index (χ0v) is 17.0. The highest BCUT2D eigenvalue weighted by molar-refractivity contribution is 6.29. The number of halogens is 1. The van der Waals surface area contributed by atoms with Crippen LogP contribution in [0.2, 0.25) is 5.15 Å². The third-order valence-electron chi connectivity index (χ3n) is 4.27. The smallest absolute Gasteiger partial charge is 0.408 e. The fourth-order valence-corrected chi connectivity index (χ4v) is 3.09. The third kappa shape index (κ3) is 5.22. The number of anilines is 1. The quantitative estimate of drug-likeness (QED) is 0.789. The van der Waals surface area contributed by atoms with Crippen molar-refractivity contribution < 1.29 is 14.3 Å². The van der Waals surface area contributed by atoms with E-state index in [1.165, 1.54) is 0 Å². The van der Waals surface area contributed by atoms with Crippen LogP contribution in [0.3, 0.4) is 0 Å². The lowest BCUT2D eigenvalue weighted by Crippen LogP contribution is -2.51. The molecule has 1 N–H and O–H groups in total. The van der Waals surface area contributed by atoms with E-state index in [1.54, 1.807) is 37.9 Å². The number of ether oxygens (including phenoxy) is 1. The molecule has 0 aliphatic carbocycles. The highest BCUT2D eigenvalue weighted by Crippen LogP contribution is 2.21. The van der Waals surface area contributed by atoms with Crippen molar-refractivity contribution in [3.05, 3.63) is 29.5 Å². The number of carbonyl (C=O) groups is 2. The van der Waals surface area contributed by atoms with E-state index >= 15 is 0 Å². The number of hydrogen-bond donors (Lipinski definition) is 1. The van der Waals surface area contributed by atoms with Gasteiger partial charge >= 0.3 is 6.09 Å². The molecule has 150 valence electrons. The lowest BCUT2D eigenvalue weighted by molar-refractivity contribution is -0.130. The lowest BCUT2D eigenvalue weighted by Gasteiger charge is -2.36. The van der Waals surface area contributed by atoms with Crippen LogP contribution in [0.5, 0.6) is 0 Å². The summed E-state index contributed by atoms with van der Waals surface area (Å²) in [7, 11) is 0. The van der Waals surface area contributed by atoms with Crippen LogP contribution in [0.1, 0.15) is 20.8 Å². The molecule has 1 aliphatic heterocycles. The number of alkyl carbamates (subject to hydrolysis) is 1. The summed E-state index contributed by atoms with van der Waals surface area (Å²) in [6.45, 7) is 7.73. The first-order valence-electron chi connectivity index (χ1n) is 9.13. The molecule has 0 radical (unpaired) electrons. The molecule has 1 saturated heterocycles. The molecule has 0 bridgehead atoms. The lowest BCUT2D eigenvalue weighted by atomic mass is 10.2. The number of nitrogens with zero attached hydrogens (tertiary/aromatic N) is 4. The summed E-state index contributed by atoms with van der Waals surface area (Å²) in [4.78, 5) is 36.6. The first-order chi connectivity index (χ1) is 13.2. The minimum Gasteiger partial charge on any atom is -0.444 e. The molecule has 0 saturated carbocycles. The highest BCUT2D eigenvalue weighted by Gasteiger charge is 2.23. The molecule has 2 amide bonds. The van der Waals surface area contributed by atoms with Crippen molar-refractivity contribution in [3.8, 4) is 0 Å². The van der Waals surface area contributed by atoms with E-state index in [4.69, 9.17) is 16.3 Å². The maximum Gasteiger partial charge on any atom is 0.408 e. The molecule has 8 nitrogen and oxygen atoms in total. The van der Waals surface area contributed by atoms with E-state index in [0.717, 1.165) is 16.7 Å². The maximum atomic E-state index is 12.3. The van der Waals surface area contributed by atoms with Gasteiger partial charge in [0, 0.05) is 26.2 Å². The summed E-state index contributed by atoms with van der Waals surface area (Å²) < 4.78 is 5.14. The van der Waals surface area contributed by atoms with Gasteiger partial charge in [-0.25, -0.2) is 9.78 Å². The first-order valence-corrected chi connectivity index (χ1v) is 9.51. The van der Waals surface area contributed by atoms with E-state index in [2.05, 4.69) is 20.2 Å². The van der Waals surface area contributed by atoms with Crippen LogP contribution in [0, 0.1) is 0 Å². The van der Waals surface area contributed by atoms with Crippen molar-refractivity contribution in [1.29, 1.82) is 0 Å². The Morgan fingerprint density at radius 3 is 2.57 bits per heavy atom. The van der Waals surface area contributed by atoms with Crippen LogP contribution < -0.4 is 10.2 Å². The second kappa shape index (κ2) is 8.18. The van der Waals surface area contributed by atoms with E-state index in [-0.39, 0.29) is 12.5 Å². The average molecular weight is 406 g/mol. The molecule has 0 aromatic carbocycles. The predicted molar refractivity (Wildman–Crippen MR) is 108 cm³/mol. The number of rotatable bonds is 3. The van der Waals surface area contributed by atoms with Gasteiger partial charge in [0.25, 0.3) is 0 Å². The number of carbonyl (C=O) groups excluding carboxylic acids is 2. The zero-order chi connectivity index (χ0) is 20.3. The number of pyridine rings is 2. The van der Waals surface area contributed by atoms with Gasteiger partial charge in [0.1, 0.15) is 17.3 Å². The Hall–Kier alpha value is -2.61. The Bertz CT molecular complexity index is 875. The maximum absolute atomic E-state index is 12.3. The Morgan fingerprint density at radius 1 is 1.18 bits per heavy atom. The second-order valence-electron chi connectivity index (χ2n) is 7.59. The Kier molecular flexibility index (Phi) is 5.88. The number of aromatic nitrogens is 2. The minimum atomic E-state index is -0.592. The van der Waals surface area contributed by atoms with Crippen molar-refractivity contribution in [3.63, 3.8) is 0 Å². The van der Waals surface area contributed by atoms with Gasteiger partial charge in [-0.1, -0.05) is 11.6 Å². The van der Waals surface area contributed by atoms with Gasteiger partial charge < -0.3 is 19.9 Å². The van der Waals surface area contributed by atoms with E-state index < -0.39 is 11.7 Å². The number of hydrogen-bond acceptors (Lipinski definition) is 6. The van der Waals surface area contributed by atoms with Crippen molar-refractivity contribution in [2.75, 3.05) is 37.6 Å². The van der Waals surface area contributed by atoms with Gasteiger partial charge in [0.15, 0.2) is 0 Å². The van der Waals surface area contributed by atoms with Crippen molar-refractivity contribution in [2.24, 2.45) is 0 Å². The summed E-state index contributed by atoms with van der Waals surface area (Å²) in [6, 6.07) is 5.50. The van der Waals surface area contributed by atoms with E-state index in [1.807, 2.05) is 12.1 Å². The summed E-state index contributed by atoms with van der Waals surface area (Å²) in [5.41, 5.74) is 1.88. The molecular weight excluding hydrogens is 382 g/mol. The number of fused-ring (bicyclic) bond motifs is 1. The SMILES string of the molecule is CC(C)(C)OC(=O)NCC(=O)N1CCN(c2cnc3ccc(Cl)nc3c2)CC1. The summed E-state index contributed by atoms with van der Waals surface area (Å²) >= 11 is 5.96. The van der Waals surface area contributed by atoms with Crippen LogP contribution in [-0.4, -0.2) is 65.2 Å². The van der Waals surface area contributed by atoms with Crippen molar-refractivity contribution in [1.82, 2.24) is 20.2 Å². The standard InChI is InChI=1S/C19H24ClN5O3/c1-19(2,3)28-18(27)22-12-17(26)25-8-6-24(7-9-25)13-10-15-14(21-11-13)4-5-16(20)23-15/h4-5,10-11H,6-9,12H2,1-3H3,(H,22,27). The minimum absolute atomic E-state index is 0.0745. The average Bonchev–Trinajstić information content (AvgIpc) is 2.64. The molecule has 1 aliphatic rings. The zero-order valence-electron chi connectivity index (χ0n) is 16.2. The Morgan fingerprint density at radius 2 is 1.89 bits per heavy atom. The number of piperazine rings is 1. The Balaban J connectivity index is 1.53. The number of nitrogens with one attached hydrogen (secondary N) is 1. The largest absolute Gasteiger partial charge is 0.444 e.